The summed E-state index contributed by atoms with van der Waals surface area (Å²) in [7, 11) is 0. The fraction of sp³-hybridized carbons (Fsp3) is 0.412. The number of hydrogen-bond donors (Lipinski definition) is 0. The Balaban J connectivity index is 1.92. The summed E-state index contributed by atoms with van der Waals surface area (Å²) in [4.78, 5) is 24.5. The summed E-state index contributed by atoms with van der Waals surface area (Å²) in [6.45, 7) is 0.213. The zero-order valence-corrected chi connectivity index (χ0v) is 11.5. The van der Waals surface area contributed by atoms with E-state index in [1.54, 1.807) is 10.6 Å². The van der Waals surface area contributed by atoms with Crippen LogP contribution in [0, 0.1) is 5.92 Å². The van der Waals surface area contributed by atoms with Crippen molar-refractivity contribution >= 4 is 16.7 Å². The van der Waals surface area contributed by atoms with Crippen molar-refractivity contribution in [2.24, 2.45) is 5.92 Å². The van der Waals surface area contributed by atoms with E-state index in [1.165, 1.54) is 6.42 Å². The molecular formula is C17H19NO2. The van der Waals surface area contributed by atoms with E-state index in [0.717, 1.165) is 36.6 Å². The summed E-state index contributed by atoms with van der Waals surface area (Å²) in [5, 5.41) is 1.00. The molecule has 1 heterocycles. The van der Waals surface area contributed by atoms with Crippen molar-refractivity contribution in [2.75, 3.05) is 0 Å². The number of rotatable bonds is 3. The van der Waals surface area contributed by atoms with E-state index in [0.29, 0.717) is 0 Å². The van der Waals surface area contributed by atoms with Crippen LogP contribution in [-0.4, -0.2) is 10.4 Å². The third-order valence-electron chi connectivity index (χ3n) is 4.27. The molecule has 2 aromatic rings. The Labute approximate surface area is 118 Å². The van der Waals surface area contributed by atoms with Crippen LogP contribution in [0.1, 0.15) is 32.1 Å². The predicted octanol–water partition coefficient (Wildman–Crippen LogP) is 3.15. The lowest BCUT2D eigenvalue weighted by molar-refractivity contribution is -0.124. The molecule has 1 aromatic heterocycles. The van der Waals surface area contributed by atoms with E-state index in [2.05, 4.69) is 0 Å². The highest BCUT2D eigenvalue weighted by atomic mass is 16.1. The summed E-state index contributed by atoms with van der Waals surface area (Å²) >= 11 is 0. The quantitative estimate of drug-likeness (QED) is 0.858. The number of pyridine rings is 1. The number of ketones is 1. The first-order valence-electron chi connectivity index (χ1n) is 7.37. The van der Waals surface area contributed by atoms with E-state index in [-0.39, 0.29) is 23.8 Å². The molecule has 1 aromatic carbocycles. The Morgan fingerprint density at radius 3 is 2.60 bits per heavy atom. The lowest BCUT2D eigenvalue weighted by Crippen LogP contribution is -2.28. The van der Waals surface area contributed by atoms with Gasteiger partial charge in [-0.3, -0.25) is 9.59 Å². The van der Waals surface area contributed by atoms with Crippen molar-refractivity contribution in [3.05, 3.63) is 46.8 Å². The van der Waals surface area contributed by atoms with Crippen LogP contribution >= 0.6 is 0 Å². The molecule has 1 fully saturated rings. The normalized spacial score (nSPS) is 16.4. The Bertz CT molecular complexity index is 681. The zero-order chi connectivity index (χ0) is 13.9. The molecule has 0 saturated heterocycles. The van der Waals surface area contributed by atoms with E-state index in [1.807, 2.05) is 30.3 Å². The van der Waals surface area contributed by atoms with Gasteiger partial charge in [-0.05, 0) is 30.4 Å². The fourth-order valence-electron chi connectivity index (χ4n) is 3.12. The number of Topliss-reactive ketones (excluding diaryl/α,β-unsaturated/α-hetero) is 1. The second kappa shape index (κ2) is 5.61. The topological polar surface area (TPSA) is 39.1 Å². The van der Waals surface area contributed by atoms with Crippen molar-refractivity contribution < 1.29 is 4.79 Å². The first kappa shape index (κ1) is 13.1. The van der Waals surface area contributed by atoms with Gasteiger partial charge >= 0.3 is 0 Å². The summed E-state index contributed by atoms with van der Waals surface area (Å²) in [6.07, 6.45) is 5.48. The molecule has 0 unspecified atom stereocenters. The number of para-hydroxylation sites is 1. The lowest BCUT2D eigenvalue weighted by atomic mass is 9.86. The molecule has 0 N–H and O–H groups in total. The molecule has 1 aliphatic carbocycles. The minimum Gasteiger partial charge on any atom is -0.301 e. The third kappa shape index (κ3) is 2.53. The molecule has 3 heteroatoms. The van der Waals surface area contributed by atoms with Gasteiger partial charge in [-0.15, -0.1) is 0 Å². The van der Waals surface area contributed by atoms with Crippen LogP contribution in [-0.2, 0) is 11.3 Å². The molecule has 0 spiro atoms. The van der Waals surface area contributed by atoms with E-state index in [9.17, 15) is 9.59 Å². The Hall–Kier alpha value is -1.90. The largest absolute Gasteiger partial charge is 0.301 e. The molecule has 20 heavy (non-hydrogen) atoms. The highest BCUT2D eigenvalue weighted by Crippen LogP contribution is 2.25. The maximum Gasteiger partial charge on any atom is 0.251 e. The van der Waals surface area contributed by atoms with Crippen LogP contribution in [0.4, 0.5) is 0 Å². The van der Waals surface area contributed by atoms with Crippen molar-refractivity contribution in [2.45, 2.75) is 38.6 Å². The average molecular weight is 269 g/mol. The lowest BCUT2D eigenvalue weighted by Gasteiger charge is -2.21. The molecule has 0 aliphatic heterocycles. The third-order valence-corrected chi connectivity index (χ3v) is 4.27. The Morgan fingerprint density at radius 2 is 1.80 bits per heavy atom. The highest BCUT2D eigenvalue weighted by molar-refractivity contribution is 5.84. The van der Waals surface area contributed by atoms with Crippen molar-refractivity contribution in [1.82, 2.24) is 4.57 Å². The van der Waals surface area contributed by atoms with Gasteiger partial charge < -0.3 is 4.57 Å². The first-order chi connectivity index (χ1) is 9.75. The molecule has 0 bridgehead atoms. The van der Waals surface area contributed by atoms with Crippen LogP contribution < -0.4 is 5.56 Å². The van der Waals surface area contributed by atoms with E-state index in [4.69, 9.17) is 0 Å². The SMILES string of the molecule is O=C(Cn1c(=O)ccc2ccccc21)C1CCCCC1. The highest BCUT2D eigenvalue weighted by Gasteiger charge is 2.21. The number of carbonyl (C=O) groups is 1. The molecule has 104 valence electrons. The van der Waals surface area contributed by atoms with Crippen molar-refractivity contribution in [1.29, 1.82) is 0 Å². The van der Waals surface area contributed by atoms with Gasteiger partial charge in [0.15, 0.2) is 5.78 Å². The number of fused-ring (bicyclic) bond motifs is 1. The van der Waals surface area contributed by atoms with Crippen LogP contribution in [0.5, 0.6) is 0 Å². The van der Waals surface area contributed by atoms with Crippen LogP contribution in [0.15, 0.2) is 41.2 Å². The Morgan fingerprint density at radius 1 is 1.05 bits per heavy atom. The predicted molar refractivity (Wildman–Crippen MR) is 79.8 cm³/mol. The maximum atomic E-state index is 12.4. The van der Waals surface area contributed by atoms with Crippen molar-refractivity contribution in [3.63, 3.8) is 0 Å². The number of nitrogens with zero attached hydrogens (tertiary/aromatic N) is 1. The molecule has 0 amide bonds. The van der Waals surface area contributed by atoms with Crippen LogP contribution in [0.2, 0.25) is 0 Å². The van der Waals surface area contributed by atoms with E-state index < -0.39 is 0 Å². The minimum absolute atomic E-state index is 0.0899. The number of benzene rings is 1. The molecular weight excluding hydrogens is 250 g/mol. The maximum absolute atomic E-state index is 12.4. The van der Waals surface area contributed by atoms with Crippen LogP contribution in [0.25, 0.3) is 10.9 Å². The minimum atomic E-state index is -0.0899. The first-order valence-corrected chi connectivity index (χ1v) is 7.37. The second-order valence-electron chi connectivity index (χ2n) is 5.62. The number of hydrogen-bond acceptors (Lipinski definition) is 2. The summed E-state index contributed by atoms with van der Waals surface area (Å²) in [5.41, 5.74) is 0.761. The van der Waals surface area contributed by atoms with Gasteiger partial charge in [0.2, 0.25) is 0 Å². The molecule has 1 saturated carbocycles. The molecule has 0 atom stereocenters. The summed E-state index contributed by atoms with van der Waals surface area (Å²) < 4.78 is 1.62. The van der Waals surface area contributed by atoms with Gasteiger partial charge in [0, 0.05) is 12.0 Å². The van der Waals surface area contributed by atoms with Gasteiger partial charge in [0.1, 0.15) is 0 Å². The zero-order valence-electron chi connectivity index (χ0n) is 11.5. The van der Waals surface area contributed by atoms with Gasteiger partial charge in [0.05, 0.1) is 12.1 Å². The van der Waals surface area contributed by atoms with Gasteiger partial charge in [0.25, 0.3) is 5.56 Å². The monoisotopic (exact) mass is 269 g/mol. The number of carbonyl (C=O) groups excluding carboxylic acids is 1. The smallest absolute Gasteiger partial charge is 0.251 e. The summed E-state index contributed by atoms with van der Waals surface area (Å²) in [5.74, 6) is 0.359. The van der Waals surface area contributed by atoms with Crippen LogP contribution in [0.3, 0.4) is 0 Å². The summed E-state index contributed by atoms with van der Waals surface area (Å²) in [6, 6.07) is 11.1. The van der Waals surface area contributed by atoms with Gasteiger partial charge in [-0.1, -0.05) is 37.5 Å². The molecule has 1 aliphatic rings. The average Bonchev–Trinajstić information content (AvgIpc) is 2.51. The van der Waals surface area contributed by atoms with Gasteiger partial charge in [-0.25, -0.2) is 0 Å². The fourth-order valence-corrected chi connectivity index (χ4v) is 3.12. The molecule has 3 nitrogen and oxygen atoms in total. The van der Waals surface area contributed by atoms with Crippen molar-refractivity contribution in [3.8, 4) is 0 Å². The number of aromatic nitrogens is 1. The second-order valence-corrected chi connectivity index (χ2v) is 5.62. The van der Waals surface area contributed by atoms with Gasteiger partial charge in [-0.2, -0.15) is 0 Å². The standard InChI is InChI=1S/C17H19NO2/c19-16(14-7-2-1-3-8-14)12-18-15-9-5-4-6-13(15)10-11-17(18)20/h4-6,9-11,14H,1-3,7-8,12H2. The Kier molecular flexibility index (Phi) is 3.68. The van der Waals surface area contributed by atoms with E-state index >= 15 is 0 Å². The molecule has 3 rings (SSSR count). The molecule has 0 radical (unpaired) electrons.